The molecule has 1 heterocycles. The molecular weight excluding hydrogens is 426 g/mol. The fourth-order valence-corrected chi connectivity index (χ4v) is 4.05. The molecule has 0 saturated heterocycles. The Morgan fingerprint density at radius 2 is 1.65 bits per heavy atom. The Hall–Kier alpha value is -3.77. The van der Waals surface area contributed by atoms with Gasteiger partial charge < -0.3 is 4.74 Å². The summed E-state index contributed by atoms with van der Waals surface area (Å²) < 4.78 is 5.98. The van der Waals surface area contributed by atoms with Crippen LogP contribution in [0.15, 0.2) is 78.9 Å². The fourth-order valence-electron chi connectivity index (χ4n) is 4.05. The summed E-state index contributed by atoms with van der Waals surface area (Å²) in [6, 6.07) is 24.9. The topological polar surface area (TPSA) is 81.0 Å². The van der Waals surface area contributed by atoms with Crippen molar-refractivity contribution in [3.8, 4) is 11.1 Å². The first-order valence-electron chi connectivity index (χ1n) is 11.6. The van der Waals surface area contributed by atoms with Crippen molar-refractivity contribution in [2.24, 2.45) is 0 Å². The largest absolute Gasteiger partial charge is 0.370 e. The van der Waals surface area contributed by atoms with Crippen molar-refractivity contribution in [2.45, 2.75) is 45.8 Å². The first-order chi connectivity index (χ1) is 16.7. The van der Waals surface area contributed by atoms with Crippen LogP contribution in [-0.2, 0) is 30.8 Å². The minimum absolute atomic E-state index is 0.116. The monoisotopic (exact) mass is 455 g/mol. The highest BCUT2D eigenvalue weighted by atomic mass is 16.6. The second kappa shape index (κ2) is 11.4. The molecule has 0 bridgehead atoms. The number of nitro benzene ring substituents is 1. The van der Waals surface area contributed by atoms with Gasteiger partial charge in [-0.25, -0.2) is 0 Å². The van der Waals surface area contributed by atoms with Crippen LogP contribution in [0.25, 0.3) is 11.1 Å². The molecule has 0 saturated carbocycles. The van der Waals surface area contributed by atoms with Crippen LogP contribution < -0.4 is 0 Å². The van der Waals surface area contributed by atoms with Crippen LogP contribution in [0.2, 0.25) is 0 Å². The molecule has 174 valence electrons. The first kappa shape index (κ1) is 23.4. The van der Waals surface area contributed by atoms with Crippen LogP contribution in [0, 0.1) is 10.1 Å². The van der Waals surface area contributed by atoms with Gasteiger partial charge in [0.25, 0.3) is 5.69 Å². The van der Waals surface area contributed by atoms with Crippen LogP contribution in [0.5, 0.6) is 0 Å². The number of nitrogens with zero attached hydrogens (tertiary/aromatic N) is 2. The molecule has 1 N–H and O–H groups in total. The summed E-state index contributed by atoms with van der Waals surface area (Å²) in [7, 11) is 0. The maximum absolute atomic E-state index is 11.4. The molecule has 0 aliphatic carbocycles. The molecule has 0 radical (unpaired) electrons. The van der Waals surface area contributed by atoms with E-state index in [-0.39, 0.29) is 10.6 Å². The number of hydrogen-bond donors (Lipinski definition) is 1. The zero-order chi connectivity index (χ0) is 23.8. The van der Waals surface area contributed by atoms with E-state index in [0.29, 0.717) is 18.8 Å². The van der Waals surface area contributed by atoms with Gasteiger partial charge in [-0.1, -0.05) is 80.1 Å². The van der Waals surface area contributed by atoms with Crippen molar-refractivity contribution in [1.29, 1.82) is 0 Å². The van der Waals surface area contributed by atoms with Crippen molar-refractivity contribution in [1.82, 2.24) is 10.2 Å². The first-order valence-corrected chi connectivity index (χ1v) is 11.6. The summed E-state index contributed by atoms with van der Waals surface area (Å²) in [5, 5.41) is 19.2. The quantitative estimate of drug-likeness (QED) is 0.203. The Kier molecular flexibility index (Phi) is 7.83. The number of benzene rings is 3. The minimum atomic E-state index is -0.337. The molecule has 0 aliphatic heterocycles. The van der Waals surface area contributed by atoms with Gasteiger partial charge in [0.1, 0.15) is 0 Å². The van der Waals surface area contributed by atoms with Gasteiger partial charge in [-0.3, -0.25) is 15.2 Å². The summed E-state index contributed by atoms with van der Waals surface area (Å²) in [6.07, 6.45) is 3.85. The van der Waals surface area contributed by atoms with Gasteiger partial charge in [-0.2, -0.15) is 5.10 Å². The molecule has 0 atom stereocenters. The zero-order valence-corrected chi connectivity index (χ0v) is 19.4. The van der Waals surface area contributed by atoms with Gasteiger partial charge in [-0.15, -0.1) is 0 Å². The van der Waals surface area contributed by atoms with Gasteiger partial charge in [0.2, 0.25) is 0 Å². The normalized spacial score (nSPS) is 11.0. The Morgan fingerprint density at radius 3 is 2.38 bits per heavy atom. The Bertz CT molecular complexity index is 1220. The van der Waals surface area contributed by atoms with Crippen LogP contribution >= 0.6 is 0 Å². The maximum atomic E-state index is 11.4. The van der Waals surface area contributed by atoms with E-state index in [1.807, 2.05) is 48.5 Å². The van der Waals surface area contributed by atoms with E-state index in [9.17, 15) is 10.1 Å². The molecule has 1 aromatic heterocycles. The Morgan fingerprint density at radius 1 is 0.912 bits per heavy atom. The fraction of sp³-hybridized carbons (Fsp3) is 0.250. The number of aromatic nitrogens is 2. The molecule has 6 heteroatoms. The van der Waals surface area contributed by atoms with Crippen LogP contribution in [-0.4, -0.2) is 15.1 Å². The Balaban J connectivity index is 1.51. The number of ether oxygens (including phenoxy) is 1. The van der Waals surface area contributed by atoms with Crippen LogP contribution in [0.1, 0.15) is 47.8 Å². The van der Waals surface area contributed by atoms with E-state index in [1.165, 1.54) is 11.6 Å². The summed E-state index contributed by atoms with van der Waals surface area (Å²) in [4.78, 5) is 11.1. The second-order valence-electron chi connectivity index (χ2n) is 8.36. The lowest BCUT2D eigenvalue weighted by atomic mass is 9.97. The van der Waals surface area contributed by atoms with E-state index >= 15 is 0 Å². The highest BCUT2D eigenvalue weighted by Crippen LogP contribution is 2.30. The van der Waals surface area contributed by atoms with E-state index in [1.54, 1.807) is 12.1 Å². The smallest absolute Gasteiger partial charge is 0.277 e. The lowest BCUT2D eigenvalue weighted by Gasteiger charge is -2.09. The highest BCUT2D eigenvalue weighted by molar-refractivity contribution is 5.73. The lowest BCUT2D eigenvalue weighted by molar-refractivity contribution is -0.384. The van der Waals surface area contributed by atoms with Gasteiger partial charge in [0.05, 0.1) is 35.1 Å². The third-order valence-electron chi connectivity index (χ3n) is 5.91. The van der Waals surface area contributed by atoms with Crippen LogP contribution in [0.4, 0.5) is 5.69 Å². The molecule has 0 amide bonds. The van der Waals surface area contributed by atoms with Crippen molar-refractivity contribution in [2.75, 3.05) is 0 Å². The summed E-state index contributed by atoms with van der Waals surface area (Å²) >= 11 is 0. The number of nitro groups is 1. The van der Waals surface area contributed by atoms with E-state index in [0.717, 1.165) is 53.8 Å². The summed E-state index contributed by atoms with van der Waals surface area (Å²) in [5.74, 6) is 0. The Labute approximate surface area is 199 Å². The number of rotatable bonds is 11. The van der Waals surface area contributed by atoms with Gasteiger partial charge in [0, 0.05) is 18.1 Å². The van der Waals surface area contributed by atoms with Gasteiger partial charge >= 0.3 is 0 Å². The molecule has 0 unspecified atom stereocenters. The van der Waals surface area contributed by atoms with Gasteiger partial charge in [-0.05, 0) is 35.6 Å². The summed E-state index contributed by atoms with van der Waals surface area (Å²) in [6.45, 7) is 3.20. The molecule has 0 spiro atoms. The average molecular weight is 456 g/mol. The number of aromatic amines is 1. The van der Waals surface area contributed by atoms with Crippen molar-refractivity contribution in [3.05, 3.63) is 117 Å². The molecule has 34 heavy (non-hydrogen) atoms. The second-order valence-corrected chi connectivity index (χ2v) is 8.36. The predicted molar refractivity (Wildman–Crippen MR) is 133 cm³/mol. The van der Waals surface area contributed by atoms with Crippen molar-refractivity contribution in [3.63, 3.8) is 0 Å². The molecule has 6 nitrogen and oxygen atoms in total. The number of unbranched alkanes of at least 4 members (excludes halogenated alkanes) is 1. The average Bonchev–Trinajstić information content (AvgIpc) is 3.25. The predicted octanol–water partition coefficient (Wildman–Crippen LogP) is 6.64. The van der Waals surface area contributed by atoms with E-state index in [2.05, 4.69) is 29.3 Å². The molecular formula is C28H29N3O3. The SMILES string of the molecule is CCCCc1n[nH]c(COCc2ccccc2)c1Cc1ccc(-c2ccccc2[N+](=O)[O-])cc1. The van der Waals surface area contributed by atoms with E-state index in [4.69, 9.17) is 4.74 Å². The lowest BCUT2D eigenvalue weighted by Crippen LogP contribution is -2.01. The molecule has 3 aromatic carbocycles. The molecule has 4 aromatic rings. The maximum Gasteiger partial charge on any atom is 0.277 e. The highest BCUT2D eigenvalue weighted by Gasteiger charge is 2.16. The standard InChI is InChI=1S/C28H29N3O3/c1-2-3-12-26-25(27(30-29-26)20-34-19-22-9-5-4-6-10-22)18-21-14-16-23(17-15-21)24-11-7-8-13-28(24)31(32)33/h4-11,13-17H,2-3,12,18-20H2,1H3,(H,29,30). The van der Waals surface area contributed by atoms with Crippen molar-refractivity contribution >= 4 is 5.69 Å². The summed E-state index contributed by atoms with van der Waals surface area (Å²) in [5.41, 5.74) is 7.12. The minimum Gasteiger partial charge on any atom is -0.370 e. The van der Waals surface area contributed by atoms with Gasteiger partial charge in [0.15, 0.2) is 0 Å². The number of hydrogen-bond acceptors (Lipinski definition) is 4. The molecule has 4 rings (SSSR count). The zero-order valence-electron chi connectivity index (χ0n) is 19.4. The van der Waals surface area contributed by atoms with Crippen molar-refractivity contribution < 1.29 is 9.66 Å². The number of aryl methyl sites for hydroxylation is 1. The number of H-pyrrole nitrogens is 1. The number of para-hydroxylation sites is 1. The third-order valence-corrected chi connectivity index (χ3v) is 5.91. The van der Waals surface area contributed by atoms with E-state index < -0.39 is 0 Å². The molecule has 0 fully saturated rings. The van der Waals surface area contributed by atoms with Crippen LogP contribution in [0.3, 0.4) is 0 Å². The third kappa shape index (κ3) is 5.77. The molecule has 0 aliphatic rings. The number of nitrogens with one attached hydrogen (secondary N) is 1.